The molecule has 5 heteroatoms. The molecule has 0 aliphatic heterocycles. The van der Waals surface area contributed by atoms with Crippen LogP contribution < -0.4 is 10.1 Å². The van der Waals surface area contributed by atoms with E-state index < -0.39 is 6.10 Å². The van der Waals surface area contributed by atoms with Crippen LogP contribution in [0.4, 0.5) is 5.69 Å². The standard InChI is InChI=1S/C22H21BrINO2/c1-27-20-12-4-16(5-13-20)22(26)14-21(15-2-6-17(23)7-3-15)25-19-10-8-18(24)9-11-19/h2-13,21-22,25-26H,14H2,1H3. The number of aliphatic hydroxyl groups excluding tert-OH is 1. The fraction of sp³-hybridized carbons (Fsp3) is 0.182. The van der Waals surface area contributed by atoms with Crippen molar-refractivity contribution < 1.29 is 9.84 Å². The fourth-order valence-corrected chi connectivity index (χ4v) is 3.53. The molecular formula is C22H21BrINO2. The number of hydrogen-bond acceptors (Lipinski definition) is 3. The Kier molecular flexibility index (Phi) is 7.15. The van der Waals surface area contributed by atoms with Crippen LogP contribution >= 0.6 is 38.5 Å². The Balaban J connectivity index is 1.81. The monoisotopic (exact) mass is 537 g/mol. The largest absolute Gasteiger partial charge is 0.497 e. The summed E-state index contributed by atoms with van der Waals surface area (Å²) in [6, 6.07) is 24.0. The van der Waals surface area contributed by atoms with Gasteiger partial charge in [0, 0.05) is 20.2 Å². The van der Waals surface area contributed by atoms with Gasteiger partial charge in [-0.2, -0.15) is 0 Å². The number of hydrogen-bond donors (Lipinski definition) is 2. The highest BCUT2D eigenvalue weighted by Gasteiger charge is 2.18. The maximum absolute atomic E-state index is 10.8. The minimum Gasteiger partial charge on any atom is -0.497 e. The normalized spacial score (nSPS) is 13.0. The smallest absolute Gasteiger partial charge is 0.118 e. The summed E-state index contributed by atoms with van der Waals surface area (Å²) in [5.41, 5.74) is 3.04. The first-order chi connectivity index (χ1) is 13.0. The molecule has 2 unspecified atom stereocenters. The molecule has 0 aliphatic rings. The van der Waals surface area contributed by atoms with E-state index in [0.29, 0.717) is 6.42 Å². The lowest BCUT2D eigenvalue weighted by molar-refractivity contribution is 0.160. The van der Waals surface area contributed by atoms with E-state index >= 15 is 0 Å². The van der Waals surface area contributed by atoms with Crippen LogP contribution in [0, 0.1) is 3.57 Å². The van der Waals surface area contributed by atoms with Crippen LogP contribution in [0.2, 0.25) is 0 Å². The maximum Gasteiger partial charge on any atom is 0.118 e. The van der Waals surface area contributed by atoms with E-state index in [2.05, 4.69) is 80.2 Å². The third-order valence-corrected chi connectivity index (χ3v) is 5.66. The highest BCUT2D eigenvalue weighted by atomic mass is 127. The molecule has 2 atom stereocenters. The Morgan fingerprint density at radius 2 is 1.52 bits per heavy atom. The molecule has 0 heterocycles. The summed E-state index contributed by atoms with van der Waals surface area (Å²) in [6.45, 7) is 0. The minimum absolute atomic E-state index is 0.0183. The number of nitrogens with one attached hydrogen (secondary N) is 1. The first-order valence-electron chi connectivity index (χ1n) is 8.65. The highest BCUT2D eigenvalue weighted by Crippen LogP contribution is 2.31. The third kappa shape index (κ3) is 5.70. The van der Waals surface area contributed by atoms with Crippen molar-refractivity contribution >= 4 is 44.2 Å². The van der Waals surface area contributed by atoms with Crippen molar-refractivity contribution in [2.75, 3.05) is 12.4 Å². The summed E-state index contributed by atoms with van der Waals surface area (Å²) in [5, 5.41) is 14.4. The molecule has 140 valence electrons. The van der Waals surface area contributed by atoms with Gasteiger partial charge in [0.1, 0.15) is 5.75 Å². The Hall–Kier alpha value is -1.57. The van der Waals surface area contributed by atoms with Crippen LogP contribution in [0.3, 0.4) is 0 Å². The number of ether oxygens (including phenoxy) is 1. The second-order valence-electron chi connectivity index (χ2n) is 6.28. The predicted octanol–water partition coefficient (Wildman–Crippen LogP) is 6.34. The van der Waals surface area contributed by atoms with Crippen molar-refractivity contribution in [2.24, 2.45) is 0 Å². The first-order valence-corrected chi connectivity index (χ1v) is 10.5. The van der Waals surface area contributed by atoms with Crippen molar-refractivity contribution in [1.82, 2.24) is 0 Å². The molecule has 0 radical (unpaired) electrons. The molecule has 3 aromatic carbocycles. The fourth-order valence-electron chi connectivity index (χ4n) is 2.91. The van der Waals surface area contributed by atoms with Crippen LogP contribution in [0.15, 0.2) is 77.3 Å². The van der Waals surface area contributed by atoms with Crippen molar-refractivity contribution in [3.63, 3.8) is 0 Å². The molecule has 3 rings (SSSR count). The molecule has 0 aliphatic carbocycles. The van der Waals surface area contributed by atoms with Crippen LogP contribution in [-0.2, 0) is 0 Å². The maximum atomic E-state index is 10.8. The van der Waals surface area contributed by atoms with Gasteiger partial charge in [0.2, 0.25) is 0 Å². The molecule has 0 aromatic heterocycles. The van der Waals surface area contributed by atoms with E-state index in [0.717, 1.165) is 27.0 Å². The Labute approximate surface area is 182 Å². The molecule has 0 saturated carbocycles. The van der Waals surface area contributed by atoms with E-state index in [1.165, 1.54) is 3.57 Å². The van der Waals surface area contributed by atoms with Crippen molar-refractivity contribution in [3.05, 3.63) is 92.0 Å². The molecule has 0 fully saturated rings. The number of rotatable bonds is 7. The molecule has 2 N–H and O–H groups in total. The van der Waals surface area contributed by atoms with Crippen molar-refractivity contribution in [3.8, 4) is 5.75 Å². The molecule has 0 spiro atoms. The second kappa shape index (κ2) is 9.57. The number of anilines is 1. The highest BCUT2D eigenvalue weighted by molar-refractivity contribution is 14.1. The van der Waals surface area contributed by atoms with Gasteiger partial charge in [-0.25, -0.2) is 0 Å². The average Bonchev–Trinajstić information content (AvgIpc) is 2.70. The molecular weight excluding hydrogens is 517 g/mol. The summed E-state index contributed by atoms with van der Waals surface area (Å²) in [7, 11) is 1.64. The van der Waals surface area contributed by atoms with E-state index in [4.69, 9.17) is 4.74 Å². The summed E-state index contributed by atoms with van der Waals surface area (Å²) in [4.78, 5) is 0. The van der Waals surface area contributed by atoms with Crippen LogP contribution in [0.5, 0.6) is 5.75 Å². The Morgan fingerprint density at radius 1 is 0.926 bits per heavy atom. The number of aliphatic hydroxyl groups is 1. The molecule has 0 amide bonds. The molecule has 27 heavy (non-hydrogen) atoms. The third-order valence-electron chi connectivity index (χ3n) is 4.42. The van der Waals surface area contributed by atoms with E-state index in [1.54, 1.807) is 7.11 Å². The Bertz CT molecular complexity index is 851. The molecule has 3 nitrogen and oxygen atoms in total. The quantitative estimate of drug-likeness (QED) is 0.345. The van der Waals surface area contributed by atoms with E-state index in [9.17, 15) is 5.11 Å². The van der Waals surface area contributed by atoms with Crippen molar-refractivity contribution in [2.45, 2.75) is 18.6 Å². The van der Waals surface area contributed by atoms with Gasteiger partial charge in [-0.1, -0.05) is 40.2 Å². The van der Waals surface area contributed by atoms with Gasteiger partial charge >= 0.3 is 0 Å². The van der Waals surface area contributed by atoms with Crippen LogP contribution in [-0.4, -0.2) is 12.2 Å². The van der Waals surface area contributed by atoms with E-state index in [-0.39, 0.29) is 6.04 Å². The second-order valence-corrected chi connectivity index (χ2v) is 8.44. The average molecular weight is 538 g/mol. The van der Waals surface area contributed by atoms with E-state index in [1.807, 2.05) is 36.4 Å². The molecule has 0 saturated heterocycles. The van der Waals surface area contributed by atoms with Gasteiger partial charge in [-0.3, -0.25) is 0 Å². The van der Waals surface area contributed by atoms with Gasteiger partial charge in [-0.05, 0) is 82.2 Å². The predicted molar refractivity (Wildman–Crippen MR) is 122 cm³/mol. The van der Waals surface area contributed by atoms with Crippen LogP contribution in [0.25, 0.3) is 0 Å². The van der Waals surface area contributed by atoms with Gasteiger partial charge in [0.25, 0.3) is 0 Å². The topological polar surface area (TPSA) is 41.5 Å². The minimum atomic E-state index is -0.582. The van der Waals surface area contributed by atoms with Crippen LogP contribution in [0.1, 0.15) is 29.7 Å². The zero-order valence-corrected chi connectivity index (χ0v) is 18.6. The lowest BCUT2D eigenvalue weighted by atomic mass is 9.96. The van der Waals surface area contributed by atoms with Crippen molar-refractivity contribution in [1.29, 1.82) is 0 Å². The first kappa shape index (κ1) is 20.2. The summed E-state index contributed by atoms with van der Waals surface area (Å²) < 4.78 is 7.43. The summed E-state index contributed by atoms with van der Waals surface area (Å²) in [5.74, 6) is 0.785. The van der Waals surface area contributed by atoms with Gasteiger partial charge in [-0.15, -0.1) is 0 Å². The van der Waals surface area contributed by atoms with Gasteiger partial charge in [0.15, 0.2) is 0 Å². The summed E-state index contributed by atoms with van der Waals surface area (Å²) in [6.07, 6.45) is -0.0270. The summed E-state index contributed by atoms with van der Waals surface area (Å²) >= 11 is 5.78. The number of benzene rings is 3. The SMILES string of the molecule is COc1ccc(C(O)CC(Nc2ccc(I)cc2)c2ccc(Br)cc2)cc1. The number of methoxy groups -OCH3 is 1. The molecule has 3 aromatic rings. The zero-order valence-electron chi connectivity index (χ0n) is 14.9. The van der Waals surface area contributed by atoms with Gasteiger partial charge < -0.3 is 15.2 Å². The molecule has 0 bridgehead atoms. The number of halogens is 2. The lowest BCUT2D eigenvalue weighted by Crippen LogP contribution is -2.15. The van der Waals surface area contributed by atoms with Gasteiger partial charge in [0.05, 0.1) is 19.3 Å². The lowest BCUT2D eigenvalue weighted by Gasteiger charge is -2.24. The zero-order chi connectivity index (χ0) is 19.2. The Morgan fingerprint density at radius 3 is 2.11 bits per heavy atom.